The fraction of sp³-hybridized carbons (Fsp3) is 0.750. The SMILES string of the molecule is CCC1(C)CCN(C(=O)[C@@H]2CC=CC[C@@H]2C(=O)O)CC1. The fourth-order valence-corrected chi connectivity index (χ4v) is 3.22. The van der Waals surface area contributed by atoms with Crippen molar-refractivity contribution < 1.29 is 14.7 Å². The molecule has 112 valence electrons. The maximum absolute atomic E-state index is 12.6. The summed E-state index contributed by atoms with van der Waals surface area (Å²) in [6.45, 7) is 6.02. The summed E-state index contributed by atoms with van der Waals surface area (Å²) in [6, 6.07) is 0. The average Bonchev–Trinajstić information content (AvgIpc) is 2.47. The van der Waals surface area contributed by atoms with Gasteiger partial charge in [0.2, 0.25) is 5.91 Å². The van der Waals surface area contributed by atoms with E-state index in [9.17, 15) is 14.7 Å². The summed E-state index contributed by atoms with van der Waals surface area (Å²) < 4.78 is 0. The second-order valence-electron chi connectivity index (χ2n) is 6.48. The molecule has 0 spiro atoms. The van der Waals surface area contributed by atoms with Gasteiger partial charge in [-0.25, -0.2) is 0 Å². The molecule has 1 aliphatic heterocycles. The molecule has 0 unspecified atom stereocenters. The van der Waals surface area contributed by atoms with Crippen molar-refractivity contribution in [2.75, 3.05) is 13.1 Å². The minimum absolute atomic E-state index is 0.0416. The number of piperidine rings is 1. The third-order valence-corrected chi connectivity index (χ3v) is 5.20. The number of nitrogens with zero attached hydrogens (tertiary/aromatic N) is 1. The van der Waals surface area contributed by atoms with Gasteiger partial charge in [-0.15, -0.1) is 0 Å². The van der Waals surface area contributed by atoms with E-state index in [1.807, 2.05) is 17.1 Å². The van der Waals surface area contributed by atoms with Crippen molar-refractivity contribution in [2.24, 2.45) is 17.3 Å². The Balaban J connectivity index is 2.01. The molecule has 2 aliphatic rings. The van der Waals surface area contributed by atoms with Crippen LogP contribution in [-0.4, -0.2) is 35.0 Å². The standard InChI is InChI=1S/C16H25NO3/c1-3-16(2)8-10-17(11-9-16)14(18)12-6-4-5-7-13(12)15(19)20/h4-5,12-13H,3,6-11H2,1-2H3,(H,19,20)/t12-,13+/m1/s1. The van der Waals surface area contributed by atoms with Gasteiger partial charge in [-0.3, -0.25) is 9.59 Å². The van der Waals surface area contributed by atoms with Gasteiger partial charge in [-0.05, 0) is 31.1 Å². The minimum Gasteiger partial charge on any atom is -0.481 e. The molecular weight excluding hydrogens is 254 g/mol. The lowest BCUT2D eigenvalue weighted by Gasteiger charge is -2.41. The summed E-state index contributed by atoms with van der Waals surface area (Å²) in [5, 5.41) is 9.27. The molecule has 1 N–H and O–H groups in total. The highest BCUT2D eigenvalue weighted by atomic mass is 16.4. The number of amides is 1. The molecule has 2 rings (SSSR count). The maximum Gasteiger partial charge on any atom is 0.307 e. The van der Waals surface area contributed by atoms with Crippen LogP contribution in [0.3, 0.4) is 0 Å². The zero-order chi connectivity index (χ0) is 14.8. The summed E-state index contributed by atoms with van der Waals surface area (Å²) in [4.78, 5) is 25.8. The molecule has 0 aromatic carbocycles. The lowest BCUT2D eigenvalue weighted by Crippen LogP contribution is -2.47. The summed E-state index contributed by atoms with van der Waals surface area (Å²) in [6.07, 6.45) is 8.06. The normalized spacial score (nSPS) is 29.2. The zero-order valence-corrected chi connectivity index (χ0v) is 12.5. The molecule has 1 heterocycles. The lowest BCUT2D eigenvalue weighted by molar-refractivity contribution is -0.151. The number of aliphatic carboxylic acids is 1. The number of carbonyl (C=O) groups is 2. The van der Waals surface area contributed by atoms with Crippen LogP contribution in [0, 0.1) is 17.3 Å². The number of rotatable bonds is 3. The van der Waals surface area contributed by atoms with Crippen molar-refractivity contribution in [1.29, 1.82) is 0 Å². The number of carbonyl (C=O) groups excluding carboxylic acids is 1. The number of hydrogen-bond acceptors (Lipinski definition) is 2. The maximum atomic E-state index is 12.6. The number of hydrogen-bond donors (Lipinski definition) is 1. The van der Waals surface area contributed by atoms with Crippen molar-refractivity contribution in [3.05, 3.63) is 12.2 Å². The summed E-state index contributed by atoms with van der Waals surface area (Å²) in [5.74, 6) is -1.72. The molecule has 2 atom stereocenters. The van der Waals surface area contributed by atoms with Crippen LogP contribution in [0.5, 0.6) is 0 Å². The molecule has 1 amide bonds. The van der Waals surface area contributed by atoms with E-state index in [0.29, 0.717) is 18.3 Å². The van der Waals surface area contributed by atoms with Crippen molar-refractivity contribution in [2.45, 2.75) is 46.0 Å². The highest BCUT2D eigenvalue weighted by Gasteiger charge is 2.38. The summed E-state index contributed by atoms with van der Waals surface area (Å²) in [7, 11) is 0. The Labute approximate surface area is 120 Å². The highest BCUT2D eigenvalue weighted by molar-refractivity contribution is 5.85. The third-order valence-electron chi connectivity index (χ3n) is 5.20. The van der Waals surface area contributed by atoms with E-state index in [1.165, 1.54) is 0 Å². The Kier molecular flexibility index (Phi) is 4.51. The van der Waals surface area contributed by atoms with Crippen LogP contribution < -0.4 is 0 Å². The second kappa shape index (κ2) is 5.98. The molecule has 0 saturated carbocycles. The van der Waals surface area contributed by atoms with Crippen LogP contribution in [0.1, 0.15) is 46.0 Å². The van der Waals surface area contributed by atoms with Crippen LogP contribution >= 0.6 is 0 Å². The number of allylic oxidation sites excluding steroid dienone is 2. The number of carboxylic acids is 1. The largest absolute Gasteiger partial charge is 0.481 e. The minimum atomic E-state index is -0.844. The molecule has 4 heteroatoms. The van der Waals surface area contributed by atoms with Crippen molar-refractivity contribution in [3.63, 3.8) is 0 Å². The fourth-order valence-electron chi connectivity index (χ4n) is 3.22. The van der Waals surface area contributed by atoms with Gasteiger partial charge in [0.25, 0.3) is 0 Å². The van der Waals surface area contributed by atoms with Crippen molar-refractivity contribution in [3.8, 4) is 0 Å². The van der Waals surface area contributed by atoms with E-state index in [0.717, 1.165) is 32.4 Å². The molecule has 0 aromatic rings. The predicted octanol–water partition coefficient (Wildman–Crippen LogP) is 2.69. The van der Waals surface area contributed by atoms with Gasteiger partial charge in [-0.2, -0.15) is 0 Å². The lowest BCUT2D eigenvalue weighted by atomic mass is 9.77. The Morgan fingerprint density at radius 3 is 2.25 bits per heavy atom. The first-order chi connectivity index (χ1) is 9.47. The molecule has 0 bridgehead atoms. The van der Waals surface area contributed by atoms with E-state index in [2.05, 4.69) is 13.8 Å². The summed E-state index contributed by atoms with van der Waals surface area (Å²) >= 11 is 0. The van der Waals surface area contributed by atoms with Gasteiger partial charge in [0, 0.05) is 13.1 Å². The van der Waals surface area contributed by atoms with E-state index in [1.54, 1.807) is 0 Å². The first-order valence-corrected chi connectivity index (χ1v) is 7.63. The van der Waals surface area contributed by atoms with Gasteiger partial charge in [-0.1, -0.05) is 32.4 Å². The molecule has 1 saturated heterocycles. The van der Waals surface area contributed by atoms with Crippen molar-refractivity contribution >= 4 is 11.9 Å². The van der Waals surface area contributed by atoms with Crippen LogP contribution in [0.25, 0.3) is 0 Å². The Hall–Kier alpha value is -1.32. The van der Waals surface area contributed by atoms with Gasteiger partial charge < -0.3 is 10.0 Å². The monoisotopic (exact) mass is 279 g/mol. The second-order valence-corrected chi connectivity index (χ2v) is 6.48. The smallest absolute Gasteiger partial charge is 0.307 e. The molecule has 4 nitrogen and oxygen atoms in total. The van der Waals surface area contributed by atoms with E-state index in [4.69, 9.17) is 0 Å². The Morgan fingerprint density at radius 1 is 1.20 bits per heavy atom. The molecule has 0 radical (unpaired) electrons. The van der Waals surface area contributed by atoms with Gasteiger partial charge in [0.05, 0.1) is 11.8 Å². The van der Waals surface area contributed by atoms with Gasteiger partial charge in [0.1, 0.15) is 0 Å². The molecule has 0 aromatic heterocycles. The first kappa shape index (κ1) is 15.1. The van der Waals surface area contributed by atoms with Crippen molar-refractivity contribution in [1.82, 2.24) is 4.90 Å². The van der Waals surface area contributed by atoms with E-state index >= 15 is 0 Å². The predicted molar refractivity (Wildman–Crippen MR) is 77.2 cm³/mol. The topological polar surface area (TPSA) is 57.6 Å². The molecular formula is C16H25NO3. The Bertz CT molecular complexity index is 408. The Morgan fingerprint density at radius 2 is 1.75 bits per heavy atom. The number of carboxylic acid groups (broad SMARTS) is 1. The number of likely N-dealkylation sites (tertiary alicyclic amines) is 1. The van der Waals surface area contributed by atoms with E-state index in [-0.39, 0.29) is 11.8 Å². The van der Waals surface area contributed by atoms with Crippen LogP contribution in [-0.2, 0) is 9.59 Å². The van der Waals surface area contributed by atoms with Gasteiger partial charge >= 0.3 is 5.97 Å². The van der Waals surface area contributed by atoms with Crippen LogP contribution in [0.15, 0.2) is 12.2 Å². The average molecular weight is 279 g/mol. The van der Waals surface area contributed by atoms with E-state index < -0.39 is 11.9 Å². The third kappa shape index (κ3) is 3.05. The molecule has 1 fully saturated rings. The summed E-state index contributed by atoms with van der Waals surface area (Å²) in [5.41, 5.74) is 0.343. The quantitative estimate of drug-likeness (QED) is 0.808. The molecule has 20 heavy (non-hydrogen) atoms. The van der Waals surface area contributed by atoms with Crippen LogP contribution in [0.2, 0.25) is 0 Å². The first-order valence-electron chi connectivity index (χ1n) is 7.63. The highest BCUT2D eigenvalue weighted by Crippen LogP contribution is 2.35. The van der Waals surface area contributed by atoms with Crippen LogP contribution in [0.4, 0.5) is 0 Å². The molecule has 1 aliphatic carbocycles. The zero-order valence-electron chi connectivity index (χ0n) is 12.5. The van der Waals surface area contributed by atoms with Gasteiger partial charge in [0.15, 0.2) is 0 Å².